The van der Waals surface area contributed by atoms with Gasteiger partial charge < -0.3 is 5.73 Å². The summed E-state index contributed by atoms with van der Waals surface area (Å²) in [6.45, 7) is 0. The fourth-order valence-electron chi connectivity index (χ4n) is 0.654. The number of nitrogens with two attached hydrogens (primary N) is 1. The molecule has 0 atom stereocenters. The van der Waals surface area contributed by atoms with Gasteiger partial charge in [-0.1, -0.05) is 11.6 Å². The maximum absolute atomic E-state index is 12.0. The number of pyridine rings is 1. The Morgan fingerprint density at radius 2 is 1.92 bits per heavy atom. The second-order valence-electron chi connectivity index (χ2n) is 2.09. The van der Waals surface area contributed by atoms with Gasteiger partial charge in [-0.15, -0.1) is 12.4 Å². The molecule has 0 radical (unpaired) electrons. The minimum absolute atomic E-state index is 0. The number of hydrogen-bond donors (Lipinski definition) is 1. The molecule has 1 heterocycles. The van der Waals surface area contributed by atoms with Crippen molar-refractivity contribution in [3.63, 3.8) is 0 Å². The Hall–Kier alpha value is -0.680. The van der Waals surface area contributed by atoms with E-state index in [0.717, 1.165) is 6.07 Å². The molecule has 13 heavy (non-hydrogen) atoms. The second kappa shape index (κ2) is 4.02. The Bertz CT molecular complexity index is 300. The lowest BCUT2D eigenvalue weighted by molar-refractivity contribution is -0.137. The van der Waals surface area contributed by atoms with E-state index in [0.29, 0.717) is 6.20 Å². The maximum Gasteiger partial charge on any atom is 0.419 e. The van der Waals surface area contributed by atoms with Crippen molar-refractivity contribution in [1.29, 1.82) is 0 Å². The van der Waals surface area contributed by atoms with E-state index in [1.165, 1.54) is 0 Å². The zero-order valence-corrected chi connectivity index (χ0v) is 7.67. The lowest BCUT2D eigenvalue weighted by Gasteiger charge is -2.07. The number of anilines is 1. The molecule has 0 aliphatic carbocycles. The van der Waals surface area contributed by atoms with Gasteiger partial charge in [0.25, 0.3) is 0 Å². The third-order valence-corrected chi connectivity index (χ3v) is 1.49. The van der Waals surface area contributed by atoms with Gasteiger partial charge in [-0.2, -0.15) is 13.2 Å². The minimum Gasteiger partial charge on any atom is -0.384 e. The van der Waals surface area contributed by atoms with Crippen LogP contribution in [0.4, 0.5) is 19.0 Å². The summed E-state index contributed by atoms with van der Waals surface area (Å²) in [5, 5.41) is -0.435. The summed E-state index contributed by atoms with van der Waals surface area (Å²) in [6, 6.07) is 0.963. The highest BCUT2D eigenvalue weighted by Crippen LogP contribution is 2.34. The van der Waals surface area contributed by atoms with Crippen LogP contribution in [-0.4, -0.2) is 4.98 Å². The van der Waals surface area contributed by atoms with E-state index in [1.807, 2.05) is 0 Å². The zero-order valence-electron chi connectivity index (χ0n) is 6.10. The van der Waals surface area contributed by atoms with Crippen LogP contribution >= 0.6 is 24.0 Å². The summed E-state index contributed by atoms with van der Waals surface area (Å²) in [5.74, 6) is -0.0343. The predicted octanol–water partition coefficient (Wildman–Crippen LogP) is 2.76. The normalized spacial score (nSPS) is 10.8. The van der Waals surface area contributed by atoms with E-state index < -0.39 is 16.8 Å². The number of aromatic nitrogens is 1. The van der Waals surface area contributed by atoms with E-state index >= 15 is 0 Å². The molecule has 1 aromatic rings. The van der Waals surface area contributed by atoms with Crippen molar-refractivity contribution in [3.8, 4) is 0 Å². The summed E-state index contributed by atoms with van der Waals surface area (Å²) in [5.41, 5.74) is 4.13. The second-order valence-corrected chi connectivity index (χ2v) is 2.49. The van der Waals surface area contributed by atoms with Gasteiger partial charge in [0.05, 0.1) is 10.6 Å². The molecular weight excluding hydrogens is 228 g/mol. The van der Waals surface area contributed by atoms with Crippen LogP contribution in [0.5, 0.6) is 0 Å². The fourth-order valence-corrected chi connectivity index (χ4v) is 0.922. The summed E-state index contributed by atoms with van der Waals surface area (Å²) in [6.07, 6.45) is -3.87. The van der Waals surface area contributed by atoms with Gasteiger partial charge in [0.1, 0.15) is 5.82 Å². The lowest BCUT2D eigenvalue weighted by Crippen LogP contribution is -2.07. The van der Waals surface area contributed by atoms with Crippen molar-refractivity contribution in [2.75, 3.05) is 5.73 Å². The molecule has 0 aromatic carbocycles. The first-order valence-electron chi connectivity index (χ1n) is 2.89. The Balaban J connectivity index is 0.00000144. The first-order valence-corrected chi connectivity index (χ1v) is 3.27. The zero-order chi connectivity index (χ0) is 9.35. The average molecular weight is 233 g/mol. The standard InChI is InChI=1S/C6H4ClF3N2.ClH/c7-4-1-5(11)12-2-3(4)6(8,9)10;/h1-2H,(H2,11,12);1H. The SMILES string of the molecule is Cl.Nc1cc(Cl)c(C(F)(F)F)cn1. The van der Waals surface area contributed by atoms with Crippen molar-refractivity contribution in [1.82, 2.24) is 4.98 Å². The molecule has 0 amide bonds. The molecule has 0 spiro atoms. The Morgan fingerprint density at radius 3 is 2.31 bits per heavy atom. The molecule has 2 N–H and O–H groups in total. The first kappa shape index (κ1) is 12.3. The van der Waals surface area contributed by atoms with Gasteiger partial charge in [-0.25, -0.2) is 4.98 Å². The highest BCUT2D eigenvalue weighted by Gasteiger charge is 2.33. The van der Waals surface area contributed by atoms with Crippen LogP contribution < -0.4 is 5.73 Å². The molecule has 7 heteroatoms. The Morgan fingerprint density at radius 1 is 1.38 bits per heavy atom. The summed E-state index contributed by atoms with van der Waals surface area (Å²) in [7, 11) is 0. The van der Waals surface area contributed by atoms with E-state index in [2.05, 4.69) is 4.98 Å². The molecule has 0 aliphatic rings. The van der Waals surface area contributed by atoms with Gasteiger partial charge in [-0.3, -0.25) is 0 Å². The minimum atomic E-state index is -4.47. The van der Waals surface area contributed by atoms with Crippen LogP contribution in [0.2, 0.25) is 5.02 Å². The number of nitrogens with zero attached hydrogens (tertiary/aromatic N) is 1. The largest absolute Gasteiger partial charge is 0.419 e. The molecule has 0 fully saturated rings. The summed E-state index contributed by atoms with van der Waals surface area (Å²) in [4.78, 5) is 3.28. The van der Waals surface area contributed by atoms with Gasteiger partial charge in [0, 0.05) is 6.20 Å². The van der Waals surface area contributed by atoms with Gasteiger partial charge >= 0.3 is 6.18 Å². The predicted molar refractivity (Wildman–Crippen MR) is 45.9 cm³/mol. The molecule has 0 unspecified atom stereocenters. The van der Waals surface area contributed by atoms with Crippen molar-refractivity contribution in [2.45, 2.75) is 6.18 Å². The fraction of sp³-hybridized carbons (Fsp3) is 0.167. The van der Waals surface area contributed by atoms with Crippen LogP contribution in [0.3, 0.4) is 0 Å². The van der Waals surface area contributed by atoms with Crippen LogP contribution in [0.15, 0.2) is 12.3 Å². The quantitative estimate of drug-likeness (QED) is 0.748. The summed E-state index contributed by atoms with van der Waals surface area (Å²) < 4.78 is 36.0. The molecule has 2 nitrogen and oxygen atoms in total. The van der Waals surface area contributed by atoms with Crippen molar-refractivity contribution < 1.29 is 13.2 Å². The van der Waals surface area contributed by atoms with Crippen molar-refractivity contribution in [3.05, 3.63) is 22.8 Å². The number of halogens is 5. The van der Waals surface area contributed by atoms with Gasteiger partial charge in [0.15, 0.2) is 0 Å². The van der Waals surface area contributed by atoms with Gasteiger partial charge in [0.2, 0.25) is 0 Å². The highest BCUT2D eigenvalue weighted by molar-refractivity contribution is 6.31. The smallest absolute Gasteiger partial charge is 0.384 e. The topological polar surface area (TPSA) is 38.9 Å². The van der Waals surface area contributed by atoms with E-state index in [-0.39, 0.29) is 18.2 Å². The molecular formula is C6H5Cl2F3N2. The maximum atomic E-state index is 12.0. The highest BCUT2D eigenvalue weighted by atomic mass is 35.5. The first-order chi connectivity index (χ1) is 5.41. The average Bonchev–Trinajstić information content (AvgIpc) is 1.83. The third-order valence-electron chi connectivity index (χ3n) is 1.18. The Kier molecular flexibility index (Phi) is 3.81. The Labute approximate surface area is 83.3 Å². The number of hydrogen-bond acceptors (Lipinski definition) is 2. The van der Waals surface area contributed by atoms with Crippen LogP contribution in [0, 0.1) is 0 Å². The third kappa shape index (κ3) is 2.93. The van der Waals surface area contributed by atoms with Crippen LogP contribution in [0.25, 0.3) is 0 Å². The van der Waals surface area contributed by atoms with E-state index in [4.69, 9.17) is 17.3 Å². The van der Waals surface area contributed by atoms with Crippen molar-refractivity contribution >= 4 is 29.8 Å². The number of rotatable bonds is 0. The summed E-state index contributed by atoms with van der Waals surface area (Å²) >= 11 is 5.27. The van der Waals surface area contributed by atoms with Crippen molar-refractivity contribution in [2.24, 2.45) is 0 Å². The molecule has 0 aliphatic heterocycles. The molecule has 0 saturated heterocycles. The van der Waals surface area contributed by atoms with Crippen LogP contribution in [0.1, 0.15) is 5.56 Å². The monoisotopic (exact) mass is 232 g/mol. The molecule has 74 valence electrons. The number of nitrogen functional groups attached to an aromatic ring is 1. The molecule has 1 rings (SSSR count). The molecule has 0 bridgehead atoms. The van der Waals surface area contributed by atoms with E-state index in [1.54, 1.807) is 0 Å². The number of alkyl halides is 3. The molecule has 0 saturated carbocycles. The lowest BCUT2D eigenvalue weighted by atomic mass is 10.3. The molecule has 1 aromatic heterocycles. The van der Waals surface area contributed by atoms with Gasteiger partial charge in [-0.05, 0) is 6.07 Å². The van der Waals surface area contributed by atoms with Crippen LogP contribution in [-0.2, 0) is 6.18 Å². The van der Waals surface area contributed by atoms with E-state index in [9.17, 15) is 13.2 Å².